The standard InChI is InChI=1S/C12H14F2N2O2S/c13-9-5-7(6-10(14)11(9)15)12(17)16-8-1-3-19(18)4-2-8/h5-6,8H,1-4,15H2,(H,16,17). The van der Waals surface area contributed by atoms with Crippen LogP contribution in [-0.4, -0.2) is 27.7 Å². The molecule has 3 N–H and O–H groups in total. The lowest BCUT2D eigenvalue weighted by molar-refractivity contribution is 0.0933. The molecule has 1 saturated heterocycles. The van der Waals surface area contributed by atoms with Crippen LogP contribution in [0.3, 0.4) is 0 Å². The first-order valence-corrected chi connectivity index (χ1v) is 7.36. The van der Waals surface area contributed by atoms with Crippen LogP contribution in [0.4, 0.5) is 14.5 Å². The number of nitrogen functional groups attached to an aromatic ring is 1. The van der Waals surface area contributed by atoms with Gasteiger partial charge in [0.1, 0.15) is 17.3 Å². The molecular formula is C12H14F2N2O2S. The van der Waals surface area contributed by atoms with Crippen molar-refractivity contribution in [2.75, 3.05) is 17.2 Å². The van der Waals surface area contributed by atoms with Crippen molar-refractivity contribution in [3.8, 4) is 0 Å². The Kier molecular flexibility index (Phi) is 4.14. The summed E-state index contributed by atoms with van der Waals surface area (Å²) in [5.74, 6) is -1.37. The predicted octanol–water partition coefficient (Wildman–Crippen LogP) is 1.19. The van der Waals surface area contributed by atoms with Crippen LogP contribution >= 0.6 is 0 Å². The van der Waals surface area contributed by atoms with Gasteiger partial charge < -0.3 is 11.1 Å². The van der Waals surface area contributed by atoms with Gasteiger partial charge in [0.25, 0.3) is 5.91 Å². The number of hydrogen-bond donors (Lipinski definition) is 2. The summed E-state index contributed by atoms with van der Waals surface area (Å²) in [5.41, 5.74) is 4.44. The second-order valence-corrected chi connectivity index (χ2v) is 6.15. The minimum Gasteiger partial charge on any atom is -0.394 e. The van der Waals surface area contributed by atoms with Gasteiger partial charge in [0, 0.05) is 33.9 Å². The second-order valence-electron chi connectivity index (χ2n) is 4.45. The molecule has 1 heterocycles. The number of benzene rings is 1. The summed E-state index contributed by atoms with van der Waals surface area (Å²) in [6.07, 6.45) is 1.22. The molecule has 19 heavy (non-hydrogen) atoms. The Morgan fingerprint density at radius 1 is 1.26 bits per heavy atom. The van der Waals surface area contributed by atoms with E-state index >= 15 is 0 Å². The van der Waals surface area contributed by atoms with Gasteiger partial charge in [-0.2, -0.15) is 0 Å². The van der Waals surface area contributed by atoms with Crippen LogP contribution in [0.15, 0.2) is 12.1 Å². The lowest BCUT2D eigenvalue weighted by Gasteiger charge is -2.22. The van der Waals surface area contributed by atoms with E-state index < -0.39 is 34.0 Å². The average Bonchev–Trinajstić information content (AvgIpc) is 2.38. The van der Waals surface area contributed by atoms with Crippen LogP contribution in [0, 0.1) is 11.6 Å². The molecule has 104 valence electrons. The van der Waals surface area contributed by atoms with E-state index in [1.165, 1.54) is 0 Å². The van der Waals surface area contributed by atoms with Crippen LogP contribution in [0.5, 0.6) is 0 Å². The van der Waals surface area contributed by atoms with Crippen molar-refractivity contribution in [2.24, 2.45) is 0 Å². The van der Waals surface area contributed by atoms with Crippen LogP contribution in [0.1, 0.15) is 23.2 Å². The molecule has 0 bridgehead atoms. The number of nitrogens with one attached hydrogen (secondary N) is 1. The van der Waals surface area contributed by atoms with Crippen molar-refractivity contribution in [1.82, 2.24) is 5.32 Å². The van der Waals surface area contributed by atoms with Crippen LogP contribution in [0.25, 0.3) is 0 Å². The summed E-state index contributed by atoms with van der Waals surface area (Å²) in [6, 6.07) is 1.72. The van der Waals surface area contributed by atoms with Gasteiger partial charge in [0.2, 0.25) is 0 Å². The zero-order valence-electron chi connectivity index (χ0n) is 10.1. The smallest absolute Gasteiger partial charge is 0.251 e. The van der Waals surface area contributed by atoms with E-state index in [0.29, 0.717) is 24.3 Å². The topological polar surface area (TPSA) is 72.2 Å². The van der Waals surface area contributed by atoms with Gasteiger partial charge in [-0.1, -0.05) is 0 Å². The average molecular weight is 288 g/mol. The largest absolute Gasteiger partial charge is 0.394 e. The number of hydrogen-bond acceptors (Lipinski definition) is 3. The lowest BCUT2D eigenvalue weighted by atomic mass is 10.1. The van der Waals surface area contributed by atoms with Gasteiger partial charge >= 0.3 is 0 Å². The molecule has 0 radical (unpaired) electrons. The third-order valence-electron chi connectivity index (χ3n) is 3.06. The highest BCUT2D eigenvalue weighted by Gasteiger charge is 2.21. The molecular weight excluding hydrogens is 274 g/mol. The Hall–Kier alpha value is -1.50. The Labute approximate surface area is 111 Å². The SMILES string of the molecule is Nc1c(F)cc(C(=O)NC2CCS(=O)CC2)cc1F. The molecule has 2 rings (SSSR count). The number of nitrogens with two attached hydrogens (primary N) is 1. The molecule has 1 aromatic carbocycles. The fourth-order valence-corrected chi connectivity index (χ4v) is 3.22. The minimum absolute atomic E-state index is 0.101. The van der Waals surface area contributed by atoms with Gasteiger partial charge in [-0.3, -0.25) is 9.00 Å². The van der Waals surface area contributed by atoms with Crippen molar-refractivity contribution in [2.45, 2.75) is 18.9 Å². The van der Waals surface area contributed by atoms with Crippen LogP contribution in [0.2, 0.25) is 0 Å². The molecule has 4 nitrogen and oxygen atoms in total. The zero-order chi connectivity index (χ0) is 14.0. The fourth-order valence-electron chi connectivity index (χ4n) is 1.92. The van der Waals surface area contributed by atoms with E-state index in [0.717, 1.165) is 12.1 Å². The van der Waals surface area contributed by atoms with Gasteiger partial charge in [-0.25, -0.2) is 8.78 Å². The first-order valence-electron chi connectivity index (χ1n) is 5.87. The molecule has 1 aliphatic heterocycles. The van der Waals surface area contributed by atoms with E-state index in [1.54, 1.807) is 0 Å². The molecule has 0 saturated carbocycles. The first kappa shape index (κ1) is 13.9. The fraction of sp³-hybridized carbons (Fsp3) is 0.417. The summed E-state index contributed by atoms with van der Waals surface area (Å²) in [5, 5.41) is 2.68. The summed E-state index contributed by atoms with van der Waals surface area (Å²) in [7, 11) is -0.818. The summed E-state index contributed by atoms with van der Waals surface area (Å²) >= 11 is 0. The minimum atomic E-state index is -0.949. The summed E-state index contributed by atoms with van der Waals surface area (Å²) < 4.78 is 37.7. The summed E-state index contributed by atoms with van der Waals surface area (Å²) in [4.78, 5) is 11.8. The number of carbonyl (C=O) groups excluding carboxylic acids is 1. The number of carbonyl (C=O) groups is 1. The zero-order valence-corrected chi connectivity index (χ0v) is 10.9. The Balaban J connectivity index is 2.06. The molecule has 1 amide bonds. The molecule has 1 fully saturated rings. The third-order valence-corrected chi connectivity index (χ3v) is 4.45. The van der Waals surface area contributed by atoms with Crippen molar-refractivity contribution in [3.63, 3.8) is 0 Å². The Bertz CT molecular complexity index is 503. The molecule has 0 atom stereocenters. The van der Waals surface area contributed by atoms with Crippen molar-refractivity contribution < 1.29 is 17.8 Å². The Morgan fingerprint density at radius 3 is 2.32 bits per heavy atom. The highest BCUT2D eigenvalue weighted by atomic mass is 32.2. The highest BCUT2D eigenvalue weighted by molar-refractivity contribution is 7.85. The van der Waals surface area contributed by atoms with Crippen molar-refractivity contribution in [1.29, 1.82) is 0 Å². The van der Waals surface area contributed by atoms with E-state index in [-0.39, 0.29) is 11.6 Å². The highest BCUT2D eigenvalue weighted by Crippen LogP contribution is 2.18. The molecule has 0 unspecified atom stereocenters. The molecule has 7 heteroatoms. The van der Waals surface area contributed by atoms with Gasteiger partial charge in [0.05, 0.1) is 0 Å². The number of halogens is 2. The Morgan fingerprint density at radius 2 is 1.79 bits per heavy atom. The van der Waals surface area contributed by atoms with E-state index in [9.17, 15) is 17.8 Å². The lowest BCUT2D eigenvalue weighted by Crippen LogP contribution is -2.39. The molecule has 1 aromatic rings. The molecule has 0 aromatic heterocycles. The third kappa shape index (κ3) is 3.28. The summed E-state index contributed by atoms with van der Waals surface area (Å²) in [6.45, 7) is 0. The monoisotopic (exact) mass is 288 g/mol. The van der Waals surface area contributed by atoms with Crippen molar-refractivity contribution in [3.05, 3.63) is 29.3 Å². The predicted molar refractivity (Wildman–Crippen MR) is 69.1 cm³/mol. The number of amides is 1. The van der Waals surface area contributed by atoms with Gasteiger partial charge in [0.15, 0.2) is 0 Å². The number of anilines is 1. The van der Waals surface area contributed by atoms with Crippen molar-refractivity contribution >= 4 is 22.4 Å². The maximum atomic E-state index is 13.2. The van der Waals surface area contributed by atoms with E-state index in [4.69, 9.17) is 5.73 Å². The van der Waals surface area contributed by atoms with Crippen LogP contribution in [-0.2, 0) is 10.8 Å². The molecule has 1 aliphatic rings. The number of rotatable bonds is 2. The van der Waals surface area contributed by atoms with Gasteiger partial charge in [-0.15, -0.1) is 0 Å². The van der Waals surface area contributed by atoms with Crippen LogP contribution < -0.4 is 11.1 Å². The maximum Gasteiger partial charge on any atom is 0.251 e. The van der Waals surface area contributed by atoms with Gasteiger partial charge in [-0.05, 0) is 25.0 Å². The normalized spacial score (nSPS) is 23.1. The quantitative estimate of drug-likeness (QED) is 0.803. The first-order chi connectivity index (χ1) is 8.97. The maximum absolute atomic E-state index is 13.2. The molecule has 0 aliphatic carbocycles. The van der Waals surface area contributed by atoms with E-state index in [2.05, 4.69) is 5.32 Å². The molecule has 0 spiro atoms. The van der Waals surface area contributed by atoms with E-state index in [1.807, 2.05) is 0 Å². The second kappa shape index (κ2) is 5.64.